The second-order valence-corrected chi connectivity index (χ2v) is 9.29. The van der Waals surface area contributed by atoms with Gasteiger partial charge in [-0.3, -0.25) is 9.69 Å². The largest absolute Gasteiger partial charge is 0.432 e. The highest BCUT2D eigenvalue weighted by atomic mass is 32.1. The van der Waals surface area contributed by atoms with Crippen LogP contribution in [0.15, 0.2) is 5.38 Å². The summed E-state index contributed by atoms with van der Waals surface area (Å²) in [7, 11) is 0. The van der Waals surface area contributed by atoms with Crippen molar-refractivity contribution < 1.29 is 14.3 Å². The average Bonchev–Trinajstić information content (AvgIpc) is 3.22. The Morgan fingerprint density at radius 2 is 1.96 bits per heavy atom. The van der Waals surface area contributed by atoms with Crippen LogP contribution in [0.1, 0.15) is 63.1 Å². The molecule has 2 aliphatic heterocycles. The molecule has 7 heteroatoms. The summed E-state index contributed by atoms with van der Waals surface area (Å²) >= 11 is 1.76. The summed E-state index contributed by atoms with van der Waals surface area (Å²) in [6.07, 6.45) is 3.17. The van der Waals surface area contributed by atoms with Crippen LogP contribution in [0.4, 0.5) is 4.79 Å². The number of piperidine rings is 1. The Morgan fingerprint density at radius 1 is 1.28 bits per heavy atom. The smallest absolute Gasteiger partial charge is 0.418 e. The number of nitrogens with zero attached hydrogens (tertiary/aromatic N) is 3. The number of hydrogen-bond acceptors (Lipinski definition) is 6. The minimum Gasteiger partial charge on any atom is -0.432 e. The third kappa shape index (κ3) is 3.08. The molecule has 2 saturated heterocycles. The monoisotopic (exact) mass is 363 g/mol. The molecule has 0 aromatic carbocycles. The Labute approximate surface area is 152 Å². The molecule has 136 valence electrons. The number of thiazole rings is 1. The maximum absolute atomic E-state index is 12.8. The van der Waals surface area contributed by atoms with Gasteiger partial charge in [-0.2, -0.15) is 0 Å². The minimum atomic E-state index is -0.956. The zero-order valence-electron chi connectivity index (χ0n) is 15.1. The molecule has 1 spiro atoms. The fraction of sp³-hybridized carbons (Fsp3) is 0.722. The maximum atomic E-state index is 12.8. The van der Waals surface area contributed by atoms with Gasteiger partial charge in [0, 0.05) is 49.3 Å². The van der Waals surface area contributed by atoms with Gasteiger partial charge in [0.1, 0.15) is 0 Å². The molecule has 6 nitrogen and oxygen atoms in total. The molecular formula is C18H25N3O3S. The van der Waals surface area contributed by atoms with E-state index in [0.29, 0.717) is 18.8 Å². The van der Waals surface area contributed by atoms with Crippen LogP contribution in [0.3, 0.4) is 0 Å². The first-order valence-corrected chi connectivity index (χ1v) is 9.91. The van der Waals surface area contributed by atoms with Gasteiger partial charge in [-0.05, 0) is 33.6 Å². The van der Waals surface area contributed by atoms with Crippen molar-refractivity contribution >= 4 is 23.3 Å². The molecule has 3 aliphatic rings. The van der Waals surface area contributed by atoms with Gasteiger partial charge >= 0.3 is 6.09 Å². The van der Waals surface area contributed by atoms with Gasteiger partial charge in [0.2, 0.25) is 0 Å². The highest BCUT2D eigenvalue weighted by Gasteiger charge is 2.57. The number of imide groups is 1. The van der Waals surface area contributed by atoms with Crippen LogP contribution in [0.2, 0.25) is 0 Å². The molecule has 1 aromatic heterocycles. The van der Waals surface area contributed by atoms with Gasteiger partial charge in [0.05, 0.1) is 10.7 Å². The first-order chi connectivity index (χ1) is 11.8. The fourth-order valence-electron chi connectivity index (χ4n) is 3.65. The van der Waals surface area contributed by atoms with Crippen LogP contribution >= 0.6 is 11.3 Å². The van der Waals surface area contributed by atoms with E-state index in [4.69, 9.17) is 9.72 Å². The van der Waals surface area contributed by atoms with Crippen LogP contribution in [-0.4, -0.2) is 51.0 Å². The Hall–Kier alpha value is -1.47. The summed E-state index contributed by atoms with van der Waals surface area (Å²) < 4.78 is 5.58. The number of rotatable bonds is 3. The Morgan fingerprint density at radius 3 is 2.52 bits per heavy atom. The average molecular weight is 363 g/mol. The van der Waals surface area contributed by atoms with Gasteiger partial charge in [0.15, 0.2) is 5.60 Å². The fourth-order valence-corrected chi connectivity index (χ4v) is 4.63. The van der Waals surface area contributed by atoms with Crippen molar-refractivity contribution in [1.82, 2.24) is 14.8 Å². The third-order valence-electron chi connectivity index (χ3n) is 5.27. The summed E-state index contributed by atoms with van der Waals surface area (Å²) in [6, 6.07) is 0. The van der Waals surface area contributed by atoms with Crippen molar-refractivity contribution in [2.45, 2.75) is 70.1 Å². The summed E-state index contributed by atoms with van der Waals surface area (Å²) in [4.78, 5) is 33.4. The van der Waals surface area contributed by atoms with Crippen LogP contribution < -0.4 is 0 Å². The molecule has 3 fully saturated rings. The van der Waals surface area contributed by atoms with Gasteiger partial charge in [-0.1, -0.05) is 0 Å². The molecule has 0 atom stereocenters. The van der Waals surface area contributed by atoms with Crippen LogP contribution in [0.25, 0.3) is 0 Å². The number of hydrogen-bond donors (Lipinski definition) is 0. The Kier molecular flexibility index (Phi) is 3.92. The highest BCUT2D eigenvalue weighted by molar-refractivity contribution is 7.09. The lowest BCUT2D eigenvalue weighted by Gasteiger charge is -2.36. The molecule has 2 amide bonds. The lowest BCUT2D eigenvalue weighted by atomic mass is 9.89. The molecule has 0 bridgehead atoms. The maximum Gasteiger partial charge on any atom is 0.418 e. The number of aromatic nitrogens is 1. The van der Waals surface area contributed by atoms with E-state index in [9.17, 15) is 9.59 Å². The highest BCUT2D eigenvalue weighted by Crippen LogP contribution is 2.42. The third-order valence-corrected chi connectivity index (χ3v) is 6.33. The SMILES string of the molecule is CC(C)(C)N1C(=O)OC2(CCN(Cc3csc(C4CC4)n3)CC2)C1=O. The molecule has 25 heavy (non-hydrogen) atoms. The molecule has 4 rings (SSSR count). The van der Waals surface area contributed by atoms with E-state index in [2.05, 4.69) is 10.3 Å². The number of carbonyl (C=O) groups is 2. The Bertz CT molecular complexity index is 697. The van der Waals surface area contributed by atoms with Gasteiger partial charge < -0.3 is 4.74 Å². The molecule has 1 aliphatic carbocycles. The number of amides is 2. The molecule has 0 radical (unpaired) electrons. The van der Waals surface area contributed by atoms with E-state index >= 15 is 0 Å². The minimum absolute atomic E-state index is 0.172. The molecular weight excluding hydrogens is 338 g/mol. The zero-order chi connectivity index (χ0) is 17.8. The number of carbonyl (C=O) groups excluding carboxylic acids is 2. The van der Waals surface area contributed by atoms with Crippen molar-refractivity contribution in [3.63, 3.8) is 0 Å². The zero-order valence-corrected chi connectivity index (χ0v) is 15.9. The van der Waals surface area contributed by atoms with Crippen LogP contribution in [0.5, 0.6) is 0 Å². The second-order valence-electron chi connectivity index (χ2n) is 8.40. The van der Waals surface area contributed by atoms with Crippen molar-refractivity contribution in [3.05, 3.63) is 16.1 Å². The molecule has 0 unspecified atom stereocenters. The van der Waals surface area contributed by atoms with E-state index in [-0.39, 0.29) is 5.91 Å². The van der Waals surface area contributed by atoms with E-state index in [0.717, 1.165) is 25.3 Å². The van der Waals surface area contributed by atoms with E-state index < -0.39 is 17.2 Å². The Balaban J connectivity index is 1.39. The van der Waals surface area contributed by atoms with Crippen LogP contribution in [-0.2, 0) is 16.1 Å². The van der Waals surface area contributed by atoms with E-state index in [1.165, 1.54) is 22.7 Å². The normalized spacial score (nSPS) is 24.2. The first kappa shape index (κ1) is 17.0. The lowest BCUT2D eigenvalue weighted by Crippen LogP contribution is -2.53. The van der Waals surface area contributed by atoms with Crippen molar-refractivity contribution in [2.75, 3.05) is 13.1 Å². The predicted octanol–water partition coefficient (Wildman–Crippen LogP) is 3.13. The standard InChI is InChI=1S/C18H25N3O3S/c1-17(2,3)21-15(22)18(24-16(21)23)6-8-20(9-7-18)10-13-11-25-14(19-13)12-4-5-12/h11-12H,4-10H2,1-3H3. The van der Waals surface area contributed by atoms with Gasteiger partial charge in [-0.15, -0.1) is 11.3 Å². The van der Waals surface area contributed by atoms with Gasteiger partial charge in [-0.25, -0.2) is 14.7 Å². The second kappa shape index (κ2) is 5.77. The first-order valence-electron chi connectivity index (χ1n) is 9.03. The molecule has 1 saturated carbocycles. The van der Waals surface area contributed by atoms with Crippen LogP contribution in [0, 0.1) is 0 Å². The quantitative estimate of drug-likeness (QED) is 0.826. The molecule has 1 aromatic rings. The number of likely N-dealkylation sites (tertiary alicyclic amines) is 1. The lowest BCUT2D eigenvalue weighted by molar-refractivity contribution is -0.142. The van der Waals surface area contributed by atoms with E-state index in [1.807, 2.05) is 20.8 Å². The van der Waals surface area contributed by atoms with E-state index in [1.54, 1.807) is 11.3 Å². The molecule has 0 N–H and O–H groups in total. The topological polar surface area (TPSA) is 62.7 Å². The van der Waals surface area contributed by atoms with Crippen molar-refractivity contribution in [3.8, 4) is 0 Å². The van der Waals surface area contributed by atoms with Gasteiger partial charge in [0.25, 0.3) is 5.91 Å². The summed E-state index contributed by atoms with van der Waals surface area (Å²) in [5, 5.41) is 3.42. The predicted molar refractivity (Wildman–Crippen MR) is 94.4 cm³/mol. The number of ether oxygens (including phenoxy) is 1. The summed E-state index contributed by atoms with van der Waals surface area (Å²) in [6.45, 7) is 7.88. The molecule has 3 heterocycles. The summed E-state index contributed by atoms with van der Waals surface area (Å²) in [5.74, 6) is 0.525. The van der Waals surface area contributed by atoms with Crippen molar-refractivity contribution in [1.29, 1.82) is 0 Å². The summed E-state index contributed by atoms with van der Waals surface area (Å²) in [5.41, 5.74) is -0.384. The van der Waals surface area contributed by atoms with Crippen molar-refractivity contribution in [2.24, 2.45) is 0 Å².